The van der Waals surface area contributed by atoms with Crippen molar-refractivity contribution in [1.82, 2.24) is 15.1 Å². The number of aromatic nitrogens is 2. The molecule has 0 bridgehead atoms. The van der Waals surface area contributed by atoms with Gasteiger partial charge in [0, 0.05) is 25.5 Å². The number of hydrogen-bond acceptors (Lipinski definition) is 4. The highest BCUT2D eigenvalue weighted by Crippen LogP contribution is 2.09. The molecule has 0 fully saturated rings. The van der Waals surface area contributed by atoms with E-state index in [2.05, 4.69) is 10.4 Å². The van der Waals surface area contributed by atoms with Gasteiger partial charge in [0.15, 0.2) is 5.76 Å². The summed E-state index contributed by atoms with van der Waals surface area (Å²) in [5.74, 6) is 0.750. The molecular weight excluding hydrogens is 246 g/mol. The predicted octanol–water partition coefficient (Wildman–Crippen LogP) is 1.03. The van der Waals surface area contributed by atoms with Crippen LogP contribution >= 0.6 is 0 Å². The minimum Gasteiger partial charge on any atom is -0.454 e. The second-order valence-electron chi connectivity index (χ2n) is 4.16. The number of aliphatic hydroxyl groups excluding tert-OH is 1. The van der Waals surface area contributed by atoms with Crippen molar-refractivity contribution < 1.29 is 14.3 Å². The molecule has 0 saturated carbocycles. The van der Waals surface area contributed by atoms with Crippen LogP contribution in [0.2, 0.25) is 0 Å². The Morgan fingerprint density at radius 2 is 2.32 bits per heavy atom. The van der Waals surface area contributed by atoms with Crippen LogP contribution in [0.5, 0.6) is 0 Å². The van der Waals surface area contributed by atoms with E-state index in [1.807, 2.05) is 12.3 Å². The van der Waals surface area contributed by atoms with Gasteiger partial charge in [0.05, 0.1) is 6.54 Å². The number of carbonyl (C=O) groups excluding carboxylic acids is 1. The molecule has 0 aromatic carbocycles. The van der Waals surface area contributed by atoms with Crippen molar-refractivity contribution in [3.05, 3.63) is 42.1 Å². The van der Waals surface area contributed by atoms with Crippen LogP contribution in [0, 0.1) is 0 Å². The zero-order valence-electron chi connectivity index (χ0n) is 10.6. The normalized spacial score (nSPS) is 10.6. The highest BCUT2D eigenvalue weighted by Gasteiger charge is 2.10. The first-order chi connectivity index (χ1) is 9.29. The molecule has 2 N–H and O–H groups in total. The molecule has 1 amide bonds. The van der Waals surface area contributed by atoms with Gasteiger partial charge in [0.25, 0.3) is 5.91 Å². The number of aliphatic hydroxyl groups is 1. The molecule has 0 aliphatic heterocycles. The van der Waals surface area contributed by atoms with E-state index >= 15 is 0 Å². The van der Waals surface area contributed by atoms with Gasteiger partial charge in [0.2, 0.25) is 0 Å². The van der Waals surface area contributed by atoms with E-state index in [4.69, 9.17) is 9.52 Å². The number of rotatable bonds is 7. The second-order valence-corrected chi connectivity index (χ2v) is 4.16. The maximum absolute atomic E-state index is 11.7. The first-order valence-electron chi connectivity index (χ1n) is 6.25. The molecule has 0 spiro atoms. The fraction of sp³-hybridized carbons (Fsp3) is 0.385. The molecule has 0 atom stereocenters. The maximum atomic E-state index is 11.7. The molecule has 0 unspecified atom stereocenters. The molecule has 19 heavy (non-hydrogen) atoms. The van der Waals surface area contributed by atoms with Crippen molar-refractivity contribution in [2.75, 3.05) is 13.2 Å². The Morgan fingerprint density at radius 1 is 1.42 bits per heavy atom. The molecule has 2 aromatic heterocycles. The molecule has 0 aliphatic carbocycles. The van der Waals surface area contributed by atoms with Crippen LogP contribution in [-0.2, 0) is 6.54 Å². The van der Waals surface area contributed by atoms with E-state index in [1.54, 1.807) is 23.0 Å². The van der Waals surface area contributed by atoms with E-state index in [9.17, 15) is 4.79 Å². The number of furan rings is 1. The summed E-state index contributed by atoms with van der Waals surface area (Å²) in [6, 6.07) is 5.25. The van der Waals surface area contributed by atoms with E-state index in [1.165, 1.54) is 0 Å². The number of amides is 1. The van der Waals surface area contributed by atoms with Gasteiger partial charge >= 0.3 is 0 Å². The van der Waals surface area contributed by atoms with Crippen LogP contribution in [-0.4, -0.2) is 33.9 Å². The number of carbonyl (C=O) groups is 1. The van der Waals surface area contributed by atoms with Crippen molar-refractivity contribution in [3.8, 4) is 0 Å². The van der Waals surface area contributed by atoms with Crippen LogP contribution in [0.4, 0.5) is 0 Å². The highest BCUT2D eigenvalue weighted by molar-refractivity contribution is 5.91. The van der Waals surface area contributed by atoms with Crippen molar-refractivity contribution in [2.24, 2.45) is 0 Å². The Kier molecular flexibility index (Phi) is 4.74. The molecule has 6 heteroatoms. The molecule has 0 saturated heterocycles. The fourth-order valence-corrected chi connectivity index (χ4v) is 1.66. The molecule has 0 radical (unpaired) electrons. The molecular formula is C13H17N3O3. The Hall–Kier alpha value is -2.08. The quantitative estimate of drug-likeness (QED) is 0.731. The molecule has 2 heterocycles. The van der Waals surface area contributed by atoms with Crippen molar-refractivity contribution in [1.29, 1.82) is 0 Å². The highest BCUT2D eigenvalue weighted by atomic mass is 16.4. The van der Waals surface area contributed by atoms with Gasteiger partial charge in [-0.25, -0.2) is 0 Å². The Bertz CT molecular complexity index is 505. The number of nitrogens with zero attached hydrogens (tertiary/aromatic N) is 2. The fourth-order valence-electron chi connectivity index (χ4n) is 1.66. The van der Waals surface area contributed by atoms with Crippen LogP contribution in [0.3, 0.4) is 0 Å². The SMILES string of the molecule is O=C(NCCCCO)c1ccc(Cn2cccn2)o1. The third-order valence-electron chi connectivity index (χ3n) is 2.63. The van der Waals surface area contributed by atoms with E-state index in [-0.39, 0.29) is 12.5 Å². The third-order valence-corrected chi connectivity index (χ3v) is 2.63. The number of nitrogens with one attached hydrogen (secondary N) is 1. The van der Waals surface area contributed by atoms with Crippen molar-refractivity contribution in [3.63, 3.8) is 0 Å². The Labute approximate surface area is 111 Å². The second kappa shape index (κ2) is 6.75. The maximum Gasteiger partial charge on any atom is 0.286 e. The van der Waals surface area contributed by atoms with Gasteiger partial charge in [0.1, 0.15) is 5.76 Å². The summed E-state index contributed by atoms with van der Waals surface area (Å²) < 4.78 is 7.18. The zero-order chi connectivity index (χ0) is 13.5. The molecule has 2 rings (SSSR count). The van der Waals surface area contributed by atoms with Crippen molar-refractivity contribution >= 4 is 5.91 Å². The van der Waals surface area contributed by atoms with Gasteiger partial charge in [-0.05, 0) is 31.0 Å². The molecule has 6 nitrogen and oxygen atoms in total. The van der Waals surface area contributed by atoms with Gasteiger partial charge in [-0.2, -0.15) is 5.10 Å². The Morgan fingerprint density at radius 3 is 3.05 bits per heavy atom. The first-order valence-corrected chi connectivity index (χ1v) is 6.25. The molecule has 0 aliphatic rings. The smallest absolute Gasteiger partial charge is 0.286 e. The van der Waals surface area contributed by atoms with Gasteiger partial charge in [-0.1, -0.05) is 0 Å². The van der Waals surface area contributed by atoms with Gasteiger partial charge in [-0.15, -0.1) is 0 Å². The lowest BCUT2D eigenvalue weighted by Gasteiger charge is -2.02. The summed E-state index contributed by atoms with van der Waals surface area (Å²) in [5, 5.41) is 15.4. The van der Waals surface area contributed by atoms with Gasteiger partial charge in [-0.3, -0.25) is 9.48 Å². The van der Waals surface area contributed by atoms with Crippen LogP contribution < -0.4 is 5.32 Å². The van der Waals surface area contributed by atoms with Crippen LogP contribution in [0.15, 0.2) is 35.0 Å². The molecule has 2 aromatic rings. The summed E-state index contributed by atoms with van der Waals surface area (Å²) >= 11 is 0. The minimum absolute atomic E-state index is 0.143. The third kappa shape index (κ3) is 3.96. The molecule has 102 valence electrons. The largest absolute Gasteiger partial charge is 0.454 e. The lowest BCUT2D eigenvalue weighted by atomic mass is 10.3. The van der Waals surface area contributed by atoms with Gasteiger partial charge < -0.3 is 14.8 Å². The summed E-state index contributed by atoms with van der Waals surface area (Å²) in [7, 11) is 0. The van der Waals surface area contributed by atoms with Crippen LogP contribution in [0.1, 0.15) is 29.2 Å². The topological polar surface area (TPSA) is 80.3 Å². The van der Waals surface area contributed by atoms with E-state index < -0.39 is 0 Å². The predicted molar refractivity (Wildman–Crippen MR) is 68.7 cm³/mol. The summed E-state index contributed by atoms with van der Waals surface area (Å²) in [6.45, 7) is 1.18. The number of hydrogen-bond donors (Lipinski definition) is 2. The zero-order valence-corrected chi connectivity index (χ0v) is 10.6. The lowest BCUT2D eigenvalue weighted by Crippen LogP contribution is -2.24. The summed E-state index contributed by atoms with van der Waals surface area (Å²) in [4.78, 5) is 11.7. The monoisotopic (exact) mass is 263 g/mol. The van der Waals surface area contributed by atoms with E-state index in [0.717, 1.165) is 6.42 Å². The Balaban J connectivity index is 1.84. The standard InChI is InChI=1S/C13H17N3O3/c17-9-2-1-6-14-13(18)12-5-4-11(19-12)10-16-8-3-7-15-16/h3-5,7-8,17H,1-2,6,9-10H2,(H,14,18). The number of unbranched alkanes of at least 4 members (excludes halogenated alkanes) is 1. The van der Waals surface area contributed by atoms with Crippen molar-refractivity contribution in [2.45, 2.75) is 19.4 Å². The average molecular weight is 263 g/mol. The minimum atomic E-state index is -0.232. The summed E-state index contributed by atoms with van der Waals surface area (Å²) in [6.07, 6.45) is 4.96. The summed E-state index contributed by atoms with van der Waals surface area (Å²) in [5.41, 5.74) is 0. The van der Waals surface area contributed by atoms with E-state index in [0.29, 0.717) is 31.0 Å². The average Bonchev–Trinajstić information content (AvgIpc) is 3.06. The van der Waals surface area contributed by atoms with Crippen LogP contribution in [0.25, 0.3) is 0 Å². The first kappa shape index (κ1) is 13.4. The lowest BCUT2D eigenvalue weighted by molar-refractivity contribution is 0.0922.